The molecule has 0 aliphatic heterocycles. The highest BCUT2D eigenvalue weighted by Gasteiger charge is 2.26. The molecule has 2 aliphatic carbocycles. The number of aliphatic hydroxyl groups excluding tert-OH is 1. The smallest absolute Gasteiger partial charge is 0.114 e. The molecule has 1 fully saturated rings. The Bertz CT molecular complexity index is 538. The Balaban J connectivity index is 1.86. The molecule has 0 aromatic carbocycles. The first-order chi connectivity index (χ1) is 9.78. The molecule has 2 aliphatic rings. The standard InChI is InChI=1S/C16H20N2OS/c17-10-12-9-11-5-1-2-6-13(11)18-16(12)20-15-8-4-3-7-14(15)19/h9,14-15,19H,1-8H2/t14-,15-/m0/s1. The van der Waals surface area contributed by atoms with Crippen LogP contribution >= 0.6 is 11.8 Å². The van der Waals surface area contributed by atoms with Crippen molar-refractivity contribution >= 4 is 11.8 Å². The maximum absolute atomic E-state index is 10.1. The van der Waals surface area contributed by atoms with Crippen molar-refractivity contribution < 1.29 is 5.11 Å². The summed E-state index contributed by atoms with van der Waals surface area (Å²) in [7, 11) is 0. The van der Waals surface area contributed by atoms with Crippen LogP contribution in [0.5, 0.6) is 0 Å². The highest BCUT2D eigenvalue weighted by molar-refractivity contribution is 8.00. The van der Waals surface area contributed by atoms with E-state index >= 15 is 0 Å². The van der Waals surface area contributed by atoms with E-state index in [1.54, 1.807) is 11.8 Å². The quantitative estimate of drug-likeness (QED) is 0.907. The monoisotopic (exact) mass is 288 g/mol. The molecule has 106 valence electrons. The second-order valence-corrected chi connectivity index (χ2v) is 7.00. The van der Waals surface area contributed by atoms with Gasteiger partial charge in [-0.15, -0.1) is 0 Å². The van der Waals surface area contributed by atoms with Crippen LogP contribution in [0.3, 0.4) is 0 Å². The minimum Gasteiger partial charge on any atom is -0.392 e. The highest BCUT2D eigenvalue weighted by atomic mass is 32.2. The van der Waals surface area contributed by atoms with Gasteiger partial charge in [0, 0.05) is 10.9 Å². The van der Waals surface area contributed by atoms with E-state index in [0.717, 1.165) is 37.1 Å². The van der Waals surface area contributed by atoms with E-state index in [9.17, 15) is 10.4 Å². The maximum Gasteiger partial charge on any atom is 0.114 e. The number of pyridine rings is 1. The van der Waals surface area contributed by atoms with Crippen LogP contribution in [-0.2, 0) is 12.8 Å². The predicted octanol–water partition coefficient (Wildman–Crippen LogP) is 3.23. The lowest BCUT2D eigenvalue weighted by molar-refractivity contribution is 0.137. The Hall–Kier alpha value is -1.05. The summed E-state index contributed by atoms with van der Waals surface area (Å²) in [5.41, 5.74) is 3.11. The SMILES string of the molecule is N#Cc1cc2c(nc1S[C@H]1CCCC[C@@H]1O)CCCC2. The predicted molar refractivity (Wildman–Crippen MR) is 79.7 cm³/mol. The minimum atomic E-state index is -0.252. The lowest BCUT2D eigenvalue weighted by Gasteiger charge is -2.27. The second-order valence-electron chi connectivity index (χ2n) is 5.77. The molecule has 0 saturated heterocycles. The Morgan fingerprint density at radius 2 is 2.00 bits per heavy atom. The summed E-state index contributed by atoms with van der Waals surface area (Å²) >= 11 is 1.61. The first-order valence-electron chi connectivity index (χ1n) is 7.55. The Morgan fingerprint density at radius 1 is 1.20 bits per heavy atom. The van der Waals surface area contributed by atoms with E-state index in [2.05, 4.69) is 6.07 Å². The van der Waals surface area contributed by atoms with Crippen molar-refractivity contribution in [2.45, 2.75) is 67.7 Å². The fourth-order valence-corrected chi connectivity index (χ4v) is 4.40. The molecule has 3 nitrogen and oxygen atoms in total. The van der Waals surface area contributed by atoms with Gasteiger partial charge in [0.25, 0.3) is 0 Å². The fourth-order valence-electron chi connectivity index (χ4n) is 3.14. The summed E-state index contributed by atoms with van der Waals surface area (Å²) in [6.45, 7) is 0. The lowest BCUT2D eigenvalue weighted by Crippen LogP contribution is -2.27. The molecular weight excluding hydrogens is 268 g/mol. The fraction of sp³-hybridized carbons (Fsp3) is 0.625. The van der Waals surface area contributed by atoms with Crippen LogP contribution in [0.15, 0.2) is 11.1 Å². The van der Waals surface area contributed by atoms with E-state index in [1.807, 2.05) is 6.07 Å². The van der Waals surface area contributed by atoms with Crippen LogP contribution in [0, 0.1) is 11.3 Å². The van der Waals surface area contributed by atoms with E-state index in [0.29, 0.717) is 5.56 Å². The van der Waals surface area contributed by atoms with Crippen LogP contribution < -0.4 is 0 Å². The van der Waals surface area contributed by atoms with Crippen LogP contribution in [-0.4, -0.2) is 21.4 Å². The second kappa shape index (κ2) is 6.15. The van der Waals surface area contributed by atoms with Crippen LogP contribution in [0.25, 0.3) is 0 Å². The van der Waals surface area contributed by atoms with Gasteiger partial charge >= 0.3 is 0 Å². The Labute approximate surface area is 124 Å². The third kappa shape index (κ3) is 2.84. The first-order valence-corrected chi connectivity index (χ1v) is 8.43. The van der Waals surface area contributed by atoms with Crippen LogP contribution in [0.4, 0.5) is 0 Å². The van der Waals surface area contributed by atoms with Crippen molar-refractivity contribution in [1.29, 1.82) is 5.26 Å². The number of nitriles is 1. The van der Waals surface area contributed by atoms with Gasteiger partial charge in [-0.25, -0.2) is 4.98 Å². The first kappa shape index (κ1) is 13.9. The summed E-state index contributed by atoms with van der Waals surface area (Å²) < 4.78 is 0. The van der Waals surface area contributed by atoms with E-state index in [-0.39, 0.29) is 11.4 Å². The van der Waals surface area contributed by atoms with Gasteiger partial charge in [-0.05, 0) is 50.2 Å². The molecule has 1 aromatic rings. The zero-order chi connectivity index (χ0) is 13.9. The summed E-state index contributed by atoms with van der Waals surface area (Å²) in [6.07, 6.45) is 8.41. The van der Waals surface area contributed by atoms with Gasteiger partial charge in [0.05, 0.1) is 11.7 Å². The number of aryl methyl sites for hydroxylation is 2. The molecule has 0 radical (unpaired) electrons. The van der Waals surface area contributed by atoms with Gasteiger partial charge in [-0.1, -0.05) is 24.6 Å². The Morgan fingerprint density at radius 3 is 2.80 bits per heavy atom. The van der Waals surface area contributed by atoms with Crippen molar-refractivity contribution in [2.24, 2.45) is 0 Å². The zero-order valence-corrected chi connectivity index (χ0v) is 12.5. The Kier molecular flexibility index (Phi) is 4.28. The van der Waals surface area contributed by atoms with Gasteiger partial charge in [-0.3, -0.25) is 0 Å². The minimum absolute atomic E-state index is 0.199. The summed E-state index contributed by atoms with van der Waals surface area (Å²) in [4.78, 5) is 4.74. The normalized spacial score (nSPS) is 25.8. The average Bonchev–Trinajstić information content (AvgIpc) is 2.49. The molecule has 0 bridgehead atoms. The van der Waals surface area contributed by atoms with Gasteiger partial charge in [0.2, 0.25) is 0 Å². The van der Waals surface area contributed by atoms with Crippen molar-refractivity contribution in [3.8, 4) is 6.07 Å². The highest BCUT2D eigenvalue weighted by Crippen LogP contribution is 2.35. The topological polar surface area (TPSA) is 56.9 Å². The summed E-state index contributed by atoms with van der Waals surface area (Å²) in [5.74, 6) is 0. The molecular formula is C16H20N2OS. The molecule has 1 N–H and O–H groups in total. The van der Waals surface area contributed by atoms with Crippen molar-refractivity contribution in [2.75, 3.05) is 0 Å². The van der Waals surface area contributed by atoms with Crippen molar-refractivity contribution in [1.82, 2.24) is 4.98 Å². The molecule has 0 amide bonds. The van der Waals surface area contributed by atoms with Gasteiger partial charge in [-0.2, -0.15) is 5.26 Å². The number of fused-ring (bicyclic) bond motifs is 1. The molecule has 2 atom stereocenters. The number of aromatic nitrogens is 1. The average molecular weight is 288 g/mol. The van der Waals surface area contributed by atoms with Gasteiger partial charge in [0.15, 0.2) is 0 Å². The van der Waals surface area contributed by atoms with Crippen LogP contribution in [0.2, 0.25) is 0 Å². The third-order valence-corrected chi connectivity index (χ3v) is 5.70. The molecule has 0 spiro atoms. The van der Waals surface area contributed by atoms with Crippen molar-refractivity contribution in [3.05, 3.63) is 22.9 Å². The number of nitrogens with zero attached hydrogens (tertiary/aromatic N) is 2. The number of rotatable bonds is 2. The molecule has 1 aromatic heterocycles. The zero-order valence-electron chi connectivity index (χ0n) is 11.6. The molecule has 20 heavy (non-hydrogen) atoms. The van der Waals surface area contributed by atoms with E-state index < -0.39 is 0 Å². The number of hydrogen-bond acceptors (Lipinski definition) is 4. The molecule has 1 saturated carbocycles. The molecule has 0 unspecified atom stereocenters. The van der Waals surface area contributed by atoms with Crippen molar-refractivity contribution in [3.63, 3.8) is 0 Å². The lowest BCUT2D eigenvalue weighted by atomic mass is 9.95. The largest absolute Gasteiger partial charge is 0.392 e. The third-order valence-electron chi connectivity index (χ3n) is 4.32. The number of aliphatic hydroxyl groups is 1. The molecule has 4 heteroatoms. The number of thioether (sulfide) groups is 1. The summed E-state index contributed by atoms with van der Waals surface area (Å²) in [6, 6.07) is 4.31. The molecule has 1 heterocycles. The van der Waals surface area contributed by atoms with Gasteiger partial charge < -0.3 is 5.11 Å². The van der Waals surface area contributed by atoms with E-state index in [1.165, 1.54) is 30.5 Å². The summed E-state index contributed by atoms with van der Waals surface area (Å²) in [5, 5.41) is 20.5. The van der Waals surface area contributed by atoms with Crippen LogP contribution in [0.1, 0.15) is 55.3 Å². The van der Waals surface area contributed by atoms with Gasteiger partial charge in [0.1, 0.15) is 11.1 Å². The maximum atomic E-state index is 10.1. The molecule has 3 rings (SSSR count). The van der Waals surface area contributed by atoms with E-state index in [4.69, 9.17) is 4.98 Å². The number of hydrogen-bond donors (Lipinski definition) is 1.